The van der Waals surface area contributed by atoms with Crippen molar-refractivity contribution in [2.75, 3.05) is 0 Å². The smallest absolute Gasteiger partial charge is 0.0373 e. The average molecular weight is 427 g/mol. The summed E-state index contributed by atoms with van der Waals surface area (Å²) in [4.78, 5) is 0. The Labute approximate surface area is 188 Å². The van der Waals surface area contributed by atoms with Gasteiger partial charge in [-0.1, -0.05) is 131 Å². The number of hydrogen-bond donors (Lipinski definition) is 0. The van der Waals surface area contributed by atoms with E-state index in [1.54, 1.807) is 0 Å². The van der Waals surface area contributed by atoms with Gasteiger partial charge in [-0.15, -0.1) is 0 Å². The molecule has 4 rings (SSSR count). The SMILES string of the molecule is C[C@@H](SS[C@H](C)c1cccc(-c2ccccc2)c1)c1cccc(-c2ccccc2)c1. The molecule has 0 spiro atoms. The fraction of sp³-hybridized carbons (Fsp3) is 0.143. The Kier molecular flexibility index (Phi) is 6.99. The fourth-order valence-corrected chi connectivity index (χ4v) is 6.00. The van der Waals surface area contributed by atoms with Crippen LogP contribution < -0.4 is 0 Å². The molecule has 2 atom stereocenters. The molecule has 0 bridgehead atoms. The highest BCUT2D eigenvalue weighted by Crippen LogP contribution is 2.46. The minimum Gasteiger partial charge on any atom is -0.0856 e. The summed E-state index contributed by atoms with van der Waals surface area (Å²) in [6.07, 6.45) is 0. The van der Waals surface area contributed by atoms with Gasteiger partial charge in [-0.05, 0) is 47.2 Å². The lowest BCUT2D eigenvalue weighted by atomic mass is 10.0. The fourth-order valence-electron chi connectivity index (χ4n) is 3.48. The molecule has 4 aromatic carbocycles. The standard InChI is InChI=1S/C28H26S2/c1-21(25-15-9-17-27(19-25)23-11-5-3-6-12-23)29-30-22(2)26-16-10-18-28(20-26)24-13-7-4-8-14-24/h3-22H,1-2H3/t21-,22-/m1/s1. The van der Waals surface area contributed by atoms with Gasteiger partial charge >= 0.3 is 0 Å². The molecular formula is C28H26S2. The molecule has 0 heterocycles. The molecule has 0 saturated heterocycles. The van der Waals surface area contributed by atoms with Crippen molar-refractivity contribution < 1.29 is 0 Å². The lowest BCUT2D eigenvalue weighted by Gasteiger charge is -2.17. The van der Waals surface area contributed by atoms with Crippen molar-refractivity contribution >= 4 is 21.6 Å². The van der Waals surface area contributed by atoms with E-state index in [4.69, 9.17) is 0 Å². The summed E-state index contributed by atoms with van der Waals surface area (Å²) >= 11 is 0. The van der Waals surface area contributed by atoms with Gasteiger partial charge in [-0.2, -0.15) is 0 Å². The van der Waals surface area contributed by atoms with Crippen LogP contribution in [0.2, 0.25) is 0 Å². The Morgan fingerprint density at radius 2 is 0.800 bits per heavy atom. The van der Waals surface area contributed by atoms with E-state index in [1.807, 2.05) is 21.6 Å². The highest BCUT2D eigenvalue weighted by Gasteiger charge is 2.13. The third kappa shape index (κ3) is 5.19. The van der Waals surface area contributed by atoms with Gasteiger partial charge in [-0.3, -0.25) is 0 Å². The number of rotatable bonds is 7. The highest BCUT2D eigenvalue weighted by atomic mass is 33.1. The van der Waals surface area contributed by atoms with Crippen LogP contribution in [0.1, 0.15) is 35.5 Å². The third-order valence-electron chi connectivity index (χ3n) is 5.27. The molecule has 150 valence electrons. The molecule has 0 fully saturated rings. The van der Waals surface area contributed by atoms with E-state index < -0.39 is 0 Å². The highest BCUT2D eigenvalue weighted by molar-refractivity contribution is 8.76. The summed E-state index contributed by atoms with van der Waals surface area (Å²) in [6.45, 7) is 4.60. The van der Waals surface area contributed by atoms with Crippen molar-refractivity contribution in [3.05, 3.63) is 120 Å². The van der Waals surface area contributed by atoms with Gasteiger partial charge in [0, 0.05) is 10.5 Å². The maximum Gasteiger partial charge on any atom is 0.0373 e. The topological polar surface area (TPSA) is 0 Å². The minimum absolute atomic E-state index is 0.429. The van der Waals surface area contributed by atoms with Crippen molar-refractivity contribution in [3.63, 3.8) is 0 Å². The summed E-state index contributed by atoms with van der Waals surface area (Å²) in [5.41, 5.74) is 7.87. The minimum atomic E-state index is 0.429. The van der Waals surface area contributed by atoms with Crippen molar-refractivity contribution in [2.24, 2.45) is 0 Å². The van der Waals surface area contributed by atoms with E-state index >= 15 is 0 Å². The molecular weight excluding hydrogens is 400 g/mol. The molecule has 0 unspecified atom stereocenters. The van der Waals surface area contributed by atoms with E-state index in [1.165, 1.54) is 33.4 Å². The first-order chi connectivity index (χ1) is 14.7. The van der Waals surface area contributed by atoms with Crippen LogP contribution in [-0.2, 0) is 0 Å². The van der Waals surface area contributed by atoms with Gasteiger partial charge in [-0.25, -0.2) is 0 Å². The Balaban J connectivity index is 1.42. The molecule has 0 amide bonds. The maximum atomic E-state index is 2.33. The van der Waals surface area contributed by atoms with Crippen molar-refractivity contribution in [2.45, 2.75) is 24.3 Å². The van der Waals surface area contributed by atoms with Crippen LogP contribution in [0.5, 0.6) is 0 Å². The van der Waals surface area contributed by atoms with Crippen LogP contribution in [0.3, 0.4) is 0 Å². The molecule has 0 aliphatic rings. The van der Waals surface area contributed by atoms with Gasteiger partial charge in [0.1, 0.15) is 0 Å². The molecule has 0 aliphatic carbocycles. The van der Waals surface area contributed by atoms with Crippen molar-refractivity contribution in [1.29, 1.82) is 0 Å². The quantitative estimate of drug-likeness (QED) is 0.270. The van der Waals surface area contributed by atoms with Gasteiger partial charge in [0.15, 0.2) is 0 Å². The van der Waals surface area contributed by atoms with Crippen LogP contribution in [0.4, 0.5) is 0 Å². The lowest BCUT2D eigenvalue weighted by molar-refractivity contribution is 1.10. The zero-order valence-corrected chi connectivity index (χ0v) is 19.0. The predicted molar refractivity (Wildman–Crippen MR) is 136 cm³/mol. The largest absolute Gasteiger partial charge is 0.0856 e. The molecule has 0 nitrogen and oxygen atoms in total. The van der Waals surface area contributed by atoms with Gasteiger partial charge in [0.2, 0.25) is 0 Å². The third-order valence-corrected chi connectivity index (χ3v) is 8.57. The van der Waals surface area contributed by atoms with Crippen LogP contribution >= 0.6 is 21.6 Å². The molecule has 4 aromatic rings. The molecule has 2 heteroatoms. The second kappa shape index (κ2) is 10.1. The molecule has 0 N–H and O–H groups in total. The van der Waals surface area contributed by atoms with Crippen LogP contribution in [-0.4, -0.2) is 0 Å². The van der Waals surface area contributed by atoms with Gasteiger partial charge < -0.3 is 0 Å². The van der Waals surface area contributed by atoms with Crippen LogP contribution in [0, 0.1) is 0 Å². The van der Waals surface area contributed by atoms with Crippen molar-refractivity contribution in [1.82, 2.24) is 0 Å². The summed E-state index contributed by atoms with van der Waals surface area (Å²) in [6, 6.07) is 39.1. The second-order valence-electron chi connectivity index (χ2n) is 7.46. The molecule has 30 heavy (non-hydrogen) atoms. The Bertz CT molecular complexity index is 985. The summed E-state index contributed by atoms with van der Waals surface area (Å²) in [5, 5.41) is 0.858. The summed E-state index contributed by atoms with van der Waals surface area (Å²) < 4.78 is 0. The second-order valence-corrected chi connectivity index (χ2v) is 10.4. The van der Waals surface area contributed by atoms with Crippen molar-refractivity contribution in [3.8, 4) is 22.3 Å². The first-order valence-corrected chi connectivity index (χ1v) is 12.6. The molecule has 0 saturated carbocycles. The van der Waals surface area contributed by atoms with E-state index in [0.29, 0.717) is 10.5 Å². The van der Waals surface area contributed by atoms with E-state index in [2.05, 4.69) is 123 Å². The number of hydrogen-bond acceptors (Lipinski definition) is 2. The lowest BCUT2D eigenvalue weighted by Crippen LogP contribution is -1.91. The Morgan fingerprint density at radius 3 is 1.20 bits per heavy atom. The Hall–Kier alpha value is -2.42. The zero-order valence-electron chi connectivity index (χ0n) is 17.4. The molecule has 0 radical (unpaired) electrons. The van der Waals surface area contributed by atoms with E-state index in [0.717, 1.165) is 0 Å². The first kappa shape index (κ1) is 20.8. The van der Waals surface area contributed by atoms with E-state index in [9.17, 15) is 0 Å². The monoisotopic (exact) mass is 426 g/mol. The normalized spacial score (nSPS) is 13.0. The van der Waals surface area contributed by atoms with Crippen LogP contribution in [0.15, 0.2) is 109 Å². The maximum absolute atomic E-state index is 2.33. The van der Waals surface area contributed by atoms with Gasteiger partial charge in [0.25, 0.3) is 0 Å². The molecule has 0 aromatic heterocycles. The molecule has 0 aliphatic heterocycles. The van der Waals surface area contributed by atoms with Gasteiger partial charge in [0.05, 0.1) is 0 Å². The summed E-state index contributed by atoms with van der Waals surface area (Å²) in [7, 11) is 3.91. The predicted octanol–water partition coefficient (Wildman–Crippen LogP) is 9.22. The van der Waals surface area contributed by atoms with Crippen LogP contribution in [0.25, 0.3) is 22.3 Å². The summed E-state index contributed by atoms with van der Waals surface area (Å²) in [5.74, 6) is 0. The number of benzene rings is 4. The zero-order chi connectivity index (χ0) is 20.8. The average Bonchev–Trinajstić information content (AvgIpc) is 2.83. The first-order valence-electron chi connectivity index (χ1n) is 10.3. The van der Waals surface area contributed by atoms with E-state index in [-0.39, 0.29) is 0 Å². The Morgan fingerprint density at radius 1 is 0.433 bits per heavy atom.